The molecule has 12 heteroatoms. The Morgan fingerprint density at radius 2 is 1.82 bits per heavy atom. The molecule has 2 heterocycles. The average Bonchev–Trinajstić information content (AvgIpc) is 2.71. The van der Waals surface area contributed by atoms with Crippen LogP contribution in [0.3, 0.4) is 0 Å². The molecular weight excluding hydrogens is 476 g/mol. The summed E-state index contributed by atoms with van der Waals surface area (Å²) in [5.74, 6) is -0.740. The van der Waals surface area contributed by atoms with E-state index in [1.165, 1.54) is 26.0 Å². The number of sulfone groups is 1. The van der Waals surface area contributed by atoms with Crippen molar-refractivity contribution in [1.29, 1.82) is 0 Å². The molecule has 1 aromatic carbocycles. The Kier molecular flexibility index (Phi) is 6.88. The molecule has 1 atom stereocenters. The summed E-state index contributed by atoms with van der Waals surface area (Å²) in [6.07, 6.45) is -3.09. The van der Waals surface area contributed by atoms with Crippen LogP contribution < -0.4 is 9.80 Å². The Hall–Kier alpha value is -2.47. The zero-order chi connectivity index (χ0) is 25.6. The number of rotatable bonds is 5. The summed E-state index contributed by atoms with van der Waals surface area (Å²) in [6, 6.07) is 3.65. The molecule has 1 aliphatic heterocycles. The first-order valence-corrected chi connectivity index (χ1v) is 12.6. The Balaban J connectivity index is 1.97. The zero-order valence-electron chi connectivity index (χ0n) is 19.6. The van der Waals surface area contributed by atoms with Crippen molar-refractivity contribution in [2.75, 3.05) is 35.7 Å². The van der Waals surface area contributed by atoms with Gasteiger partial charge < -0.3 is 14.9 Å². The number of hydrogen-bond donors (Lipinski definition) is 1. The molecule has 0 unspecified atom stereocenters. The molecule has 0 aliphatic carbocycles. The highest BCUT2D eigenvalue weighted by Gasteiger charge is 2.40. The molecule has 1 aromatic heterocycles. The summed E-state index contributed by atoms with van der Waals surface area (Å²) in [4.78, 5) is 11.4. The van der Waals surface area contributed by atoms with E-state index in [2.05, 4.69) is 9.97 Å². The van der Waals surface area contributed by atoms with E-state index in [1.807, 2.05) is 18.7 Å². The fourth-order valence-electron chi connectivity index (χ4n) is 4.02. The monoisotopic (exact) mass is 504 g/mol. The van der Waals surface area contributed by atoms with Gasteiger partial charge in [-0.05, 0) is 38.0 Å². The van der Waals surface area contributed by atoms with E-state index in [0.717, 1.165) is 12.3 Å². The van der Waals surface area contributed by atoms with Crippen LogP contribution in [-0.2, 0) is 21.6 Å². The second-order valence-corrected chi connectivity index (χ2v) is 11.3. The minimum Gasteiger partial charge on any atom is -0.384 e. The van der Waals surface area contributed by atoms with Crippen LogP contribution in [0, 0.1) is 11.7 Å². The highest BCUT2D eigenvalue weighted by atomic mass is 32.2. The average molecular weight is 505 g/mol. The Bertz CT molecular complexity index is 1160. The highest BCUT2D eigenvalue weighted by Crippen LogP contribution is 2.37. The van der Waals surface area contributed by atoms with Gasteiger partial charge >= 0.3 is 6.18 Å². The number of alkyl halides is 3. The summed E-state index contributed by atoms with van der Waals surface area (Å²) in [5.41, 5.74) is -2.92. The van der Waals surface area contributed by atoms with Crippen molar-refractivity contribution < 1.29 is 31.1 Å². The first kappa shape index (κ1) is 26.1. The normalized spacial score (nSPS) is 18.0. The molecule has 34 heavy (non-hydrogen) atoms. The molecule has 1 fully saturated rings. The van der Waals surface area contributed by atoms with Gasteiger partial charge in [0.15, 0.2) is 9.84 Å². The maximum Gasteiger partial charge on any atom is 0.419 e. The molecule has 0 radical (unpaired) electrons. The lowest BCUT2D eigenvalue weighted by Crippen LogP contribution is -2.56. The van der Waals surface area contributed by atoms with Gasteiger partial charge in [-0.25, -0.2) is 22.8 Å². The van der Waals surface area contributed by atoms with Crippen LogP contribution >= 0.6 is 0 Å². The second-order valence-electron chi connectivity index (χ2n) is 9.33. The molecule has 0 bridgehead atoms. The molecule has 3 rings (SSSR count). The van der Waals surface area contributed by atoms with E-state index in [0.29, 0.717) is 31.5 Å². The quantitative estimate of drug-likeness (QED) is 0.623. The maximum atomic E-state index is 14.0. The maximum absolute atomic E-state index is 14.0. The molecule has 1 N–H and O–H groups in total. The number of hydrogen-bond acceptors (Lipinski definition) is 7. The molecule has 0 amide bonds. The van der Waals surface area contributed by atoms with Crippen molar-refractivity contribution in [3.05, 3.63) is 41.5 Å². The third kappa shape index (κ3) is 5.43. The Morgan fingerprint density at radius 1 is 1.18 bits per heavy atom. The van der Waals surface area contributed by atoms with Gasteiger partial charge in [0.05, 0.1) is 17.3 Å². The van der Waals surface area contributed by atoms with Gasteiger partial charge in [-0.3, -0.25) is 0 Å². The van der Waals surface area contributed by atoms with Crippen LogP contribution in [0.5, 0.6) is 0 Å². The highest BCUT2D eigenvalue weighted by molar-refractivity contribution is 7.90. The Morgan fingerprint density at radius 3 is 2.35 bits per heavy atom. The fourth-order valence-corrected chi connectivity index (χ4v) is 4.78. The lowest BCUT2D eigenvalue weighted by molar-refractivity contribution is -0.141. The molecule has 0 saturated carbocycles. The van der Waals surface area contributed by atoms with Crippen molar-refractivity contribution in [2.24, 2.45) is 5.92 Å². The summed E-state index contributed by atoms with van der Waals surface area (Å²) >= 11 is 0. The lowest BCUT2D eigenvalue weighted by atomic mass is 9.98. The van der Waals surface area contributed by atoms with Crippen molar-refractivity contribution in [2.45, 2.75) is 50.4 Å². The van der Waals surface area contributed by atoms with Crippen molar-refractivity contribution in [1.82, 2.24) is 9.97 Å². The fraction of sp³-hybridized carbons (Fsp3) is 0.545. The SMILES string of the molecule is CC(C)[C@@H]1CN(c2ccc(F)c(S(C)(=O)=O)c2)CCN1c1ncc(C(F)(F)F)c(C(C)(C)O)n1. The number of nitrogens with zero attached hydrogens (tertiary/aromatic N) is 4. The minimum absolute atomic E-state index is 0.0223. The van der Waals surface area contributed by atoms with Gasteiger partial charge in [-0.15, -0.1) is 0 Å². The van der Waals surface area contributed by atoms with Gasteiger partial charge in [0.2, 0.25) is 5.95 Å². The standard InChI is InChI=1S/C22H28F4N4O3S/c1-13(2)17-12-29(14-6-7-16(23)18(10-14)34(5,32)33)8-9-30(17)20-27-11-15(22(24,25)26)19(28-20)21(3,4)31/h6-7,10-11,13,17,31H,8-9,12H2,1-5H3/t17-/m0/s1. The summed E-state index contributed by atoms with van der Waals surface area (Å²) < 4.78 is 78.3. The van der Waals surface area contributed by atoms with Crippen LogP contribution in [0.1, 0.15) is 39.0 Å². The van der Waals surface area contributed by atoms with Crippen molar-refractivity contribution in [3.63, 3.8) is 0 Å². The molecule has 1 aliphatic rings. The largest absolute Gasteiger partial charge is 0.419 e. The predicted molar refractivity (Wildman–Crippen MR) is 120 cm³/mol. The lowest BCUT2D eigenvalue weighted by Gasteiger charge is -2.44. The first-order chi connectivity index (χ1) is 15.5. The zero-order valence-corrected chi connectivity index (χ0v) is 20.4. The van der Waals surface area contributed by atoms with Gasteiger partial charge in [-0.2, -0.15) is 13.2 Å². The molecule has 7 nitrogen and oxygen atoms in total. The molecule has 0 spiro atoms. The predicted octanol–water partition coefficient (Wildman–Crippen LogP) is 3.62. The summed E-state index contributed by atoms with van der Waals surface area (Å²) in [7, 11) is -3.76. The number of piperazine rings is 1. The van der Waals surface area contributed by atoms with E-state index < -0.39 is 43.6 Å². The molecule has 1 saturated heterocycles. The topological polar surface area (TPSA) is 86.6 Å². The van der Waals surface area contributed by atoms with E-state index in [-0.39, 0.29) is 17.9 Å². The third-order valence-electron chi connectivity index (χ3n) is 5.79. The summed E-state index contributed by atoms with van der Waals surface area (Å²) in [6.45, 7) is 7.43. The van der Waals surface area contributed by atoms with Gasteiger partial charge in [0.1, 0.15) is 16.3 Å². The third-order valence-corrected chi connectivity index (χ3v) is 6.90. The van der Waals surface area contributed by atoms with Crippen molar-refractivity contribution >= 4 is 21.5 Å². The second kappa shape index (κ2) is 8.95. The van der Waals surface area contributed by atoms with E-state index in [9.17, 15) is 31.1 Å². The molecule has 188 valence electrons. The summed E-state index contributed by atoms with van der Waals surface area (Å²) in [5, 5.41) is 10.3. The van der Waals surface area contributed by atoms with E-state index >= 15 is 0 Å². The number of benzene rings is 1. The van der Waals surface area contributed by atoms with Crippen LogP contribution in [0.15, 0.2) is 29.3 Å². The minimum atomic E-state index is -4.72. The number of anilines is 2. The smallest absolute Gasteiger partial charge is 0.384 e. The van der Waals surface area contributed by atoms with Crippen LogP contribution in [0.2, 0.25) is 0 Å². The number of halogens is 4. The van der Waals surface area contributed by atoms with Gasteiger partial charge in [0.25, 0.3) is 0 Å². The van der Waals surface area contributed by atoms with E-state index in [4.69, 9.17) is 0 Å². The first-order valence-electron chi connectivity index (χ1n) is 10.7. The van der Waals surface area contributed by atoms with Crippen molar-refractivity contribution in [3.8, 4) is 0 Å². The van der Waals surface area contributed by atoms with Gasteiger partial charge in [0, 0.05) is 37.8 Å². The number of aromatic nitrogens is 2. The number of aliphatic hydroxyl groups is 1. The molecular formula is C22H28F4N4O3S. The van der Waals surface area contributed by atoms with Crippen LogP contribution in [0.4, 0.5) is 29.2 Å². The van der Waals surface area contributed by atoms with Crippen LogP contribution in [-0.4, -0.2) is 55.4 Å². The molecule has 2 aromatic rings. The van der Waals surface area contributed by atoms with Crippen LogP contribution in [0.25, 0.3) is 0 Å². The Labute approximate surface area is 196 Å². The van der Waals surface area contributed by atoms with E-state index in [1.54, 1.807) is 4.90 Å². The van der Waals surface area contributed by atoms with Gasteiger partial charge in [-0.1, -0.05) is 13.8 Å².